The molecular formula is C17H22N4OS. The van der Waals surface area contributed by atoms with Gasteiger partial charge in [-0.3, -0.25) is 4.79 Å². The van der Waals surface area contributed by atoms with Crippen LogP contribution in [0.4, 0.5) is 0 Å². The Hall–Kier alpha value is -1.69. The van der Waals surface area contributed by atoms with Crippen molar-refractivity contribution < 1.29 is 4.79 Å². The Morgan fingerprint density at radius 1 is 1.43 bits per heavy atom. The van der Waals surface area contributed by atoms with Gasteiger partial charge in [-0.25, -0.2) is 0 Å². The van der Waals surface area contributed by atoms with Gasteiger partial charge in [0.25, 0.3) is 5.91 Å². The predicted octanol–water partition coefficient (Wildman–Crippen LogP) is 2.68. The molecule has 0 spiro atoms. The van der Waals surface area contributed by atoms with Gasteiger partial charge in [-0.15, -0.1) is 21.5 Å². The Labute approximate surface area is 140 Å². The number of hydrogen-bond donors (Lipinski definition) is 0. The molecule has 122 valence electrons. The van der Waals surface area contributed by atoms with Gasteiger partial charge in [-0.1, -0.05) is 6.92 Å². The summed E-state index contributed by atoms with van der Waals surface area (Å²) in [5, 5.41) is 10.5. The number of aromatic nitrogens is 3. The normalized spacial score (nSPS) is 19.5. The number of carbonyl (C=O) groups excluding carboxylic acids is 1. The van der Waals surface area contributed by atoms with E-state index in [0.29, 0.717) is 6.54 Å². The first-order valence-corrected chi connectivity index (χ1v) is 9.27. The largest absolute Gasteiger partial charge is 0.334 e. The third-order valence-electron chi connectivity index (χ3n) is 5.04. The van der Waals surface area contributed by atoms with Gasteiger partial charge in [0, 0.05) is 30.3 Å². The highest BCUT2D eigenvalue weighted by Gasteiger charge is 2.26. The SMILES string of the molecule is C[C@H]1CCc2c(C(=O)N(C)Cc3nnc4n3CCC4)csc2C1. The van der Waals surface area contributed by atoms with E-state index < -0.39 is 0 Å². The second-order valence-corrected chi connectivity index (χ2v) is 7.81. The molecule has 2 aromatic rings. The molecule has 23 heavy (non-hydrogen) atoms. The maximum atomic E-state index is 12.9. The van der Waals surface area contributed by atoms with E-state index in [1.807, 2.05) is 7.05 Å². The van der Waals surface area contributed by atoms with Crippen LogP contribution in [0, 0.1) is 5.92 Å². The summed E-state index contributed by atoms with van der Waals surface area (Å²) >= 11 is 1.75. The lowest BCUT2D eigenvalue weighted by Crippen LogP contribution is -2.28. The highest BCUT2D eigenvalue weighted by Crippen LogP contribution is 2.33. The Kier molecular flexibility index (Phi) is 3.71. The van der Waals surface area contributed by atoms with Crippen LogP contribution in [0.2, 0.25) is 0 Å². The molecule has 2 aliphatic rings. The number of thiophene rings is 1. The van der Waals surface area contributed by atoms with Gasteiger partial charge in [0.15, 0.2) is 5.82 Å². The second-order valence-electron chi connectivity index (χ2n) is 6.85. The number of hydrogen-bond acceptors (Lipinski definition) is 4. The monoisotopic (exact) mass is 330 g/mol. The van der Waals surface area contributed by atoms with Crippen LogP contribution >= 0.6 is 11.3 Å². The fourth-order valence-electron chi connectivity index (χ4n) is 3.67. The quantitative estimate of drug-likeness (QED) is 0.869. The van der Waals surface area contributed by atoms with Gasteiger partial charge in [0.1, 0.15) is 5.82 Å². The van der Waals surface area contributed by atoms with E-state index in [9.17, 15) is 4.79 Å². The van der Waals surface area contributed by atoms with Crippen LogP contribution in [0.25, 0.3) is 0 Å². The molecule has 6 heteroatoms. The van der Waals surface area contributed by atoms with Gasteiger partial charge in [-0.05, 0) is 37.2 Å². The highest BCUT2D eigenvalue weighted by atomic mass is 32.1. The molecule has 0 saturated carbocycles. The molecule has 0 saturated heterocycles. The second kappa shape index (κ2) is 5.74. The van der Waals surface area contributed by atoms with Crippen molar-refractivity contribution >= 4 is 17.2 Å². The number of rotatable bonds is 3. The van der Waals surface area contributed by atoms with Crippen LogP contribution < -0.4 is 0 Å². The average molecular weight is 330 g/mol. The predicted molar refractivity (Wildman–Crippen MR) is 89.6 cm³/mol. The summed E-state index contributed by atoms with van der Waals surface area (Å²) in [7, 11) is 1.87. The topological polar surface area (TPSA) is 51.0 Å². The maximum Gasteiger partial charge on any atom is 0.255 e. The molecule has 1 aliphatic carbocycles. The first-order valence-electron chi connectivity index (χ1n) is 8.39. The summed E-state index contributed by atoms with van der Waals surface area (Å²) in [6, 6.07) is 0. The Bertz CT molecular complexity index is 748. The summed E-state index contributed by atoms with van der Waals surface area (Å²) in [4.78, 5) is 16.1. The standard InChI is InChI=1S/C17H22N4OS/c1-11-5-6-12-13(10-23-14(12)8-11)17(22)20(2)9-16-19-18-15-4-3-7-21(15)16/h10-11H,3-9H2,1-2H3/t11-/m0/s1. The van der Waals surface area contributed by atoms with Crippen molar-refractivity contribution in [1.29, 1.82) is 0 Å². The smallest absolute Gasteiger partial charge is 0.255 e. The van der Waals surface area contributed by atoms with E-state index in [4.69, 9.17) is 0 Å². The Morgan fingerprint density at radius 2 is 2.30 bits per heavy atom. The van der Waals surface area contributed by atoms with Crippen molar-refractivity contribution in [1.82, 2.24) is 19.7 Å². The van der Waals surface area contributed by atoms with Crippen LogP contribution in [0.15, 0.2) is 5.38 Å². The summed E-state index contributed by atoms with van der Waals surface area (Å²) < 4.78 is 2.16. The van der Waals surface area contributed by atoms with E-state index in [1.165, 1.54) is 16.9 Å². The molecule has 0 N–H and O–H groups in total. The molecule has 3 heterocycles. The fraction of sp³-hybridized carbons (Fsp3) is 0.588. The summed E-state index contributed by atoms with van der Waals surface area (Å²) in [5.74, 6) is 2.82. The van der Waals surface area contributed by atoms with Crippen molar-refractivity contribution in [2.75, 3.05) is 7.05 Å². The summed E-state index contributed by atoms with van der Waals surface area (Å²) in [6.07, 6.45) is 5.47. The first kappa shape index (κ1) is 14.9. The third-order valence-corrected chi connectivity index (χ3v) is 6.09. The van der Waals surface area contributed by atoms with Crippen LogP contribution in [-0.2, 0) is 32.4 Å². The molecule has 2 aromatic heterocycles. The maximum absolute atomic E-state index is 12.9. The lowest BCUT2D eigenvalue weighted by Gasteiger charge is -2.21. The molecule has 0 unspecified atom stereocenters. The van der Waals surface area contributed by atoms with Crippen LogP contribution in [0.5, 0.6) is 0 Å². The van der Waals surface area contributed by atoms with Gasteiger partial charge in [0.2, 0.25) is 0 Å². The van der Waals surface area contributed by atoms with E-state index >= 15 is 0 Å². The molecule has 0 aromatic carbocycles. The zero-order chi connectivity index (χ0) is 16.0. The minimum absolute atomic E-state index is 0.118. The van der Waals surface area contributed by atoms with Crippen molar-refractivity contribution in [2.45, 2.75) is 52.1 Å². The van der Waals surface area contributed by atoms with E-state index in [2.05, 4.69) is 27.1 Å². The van der Waals surface area contributed by atoms with E-state index in [-0.39, 0.29) is 5.91 Å². The van der Waals surface area contributed by atoms with E-state index in [1.54, 1.807) is 16.2 Å². The van der Waals surface area contributed by atoms with Gasteiger partial charge >= 0.3 is 0 Å². The summed E-state index contributed by atoms with van der Waals surface area (Å²) in [5.41, 5.74) is 2.19. The first-order chi connectivity index (χ1) is 11.1. The molecule has 1 amide bonds. The minimum atomic E-state index is 0.118. The molecule has 4 rings (SSSR count). The Balaban J connectivity index is 1.53. The number of amides is 1. The van der Waals surface area contributed by atoms with Gasteiger partial charge < -0.3 is 9.47 Å². The minimum Gasteiger partial charge on any atom is -0.334 e. The summed E-state index contributed by atoms with van der Waals surface area (Å²) in [6.45, 7) is 3.81. The highest BCUT2D eigenvalue weighted by molar-refractivity contribution is 7.10. The lowest BCUT2D eigenvalue weighted by atomic mass is 9.88. The Morgan fingerprint density at radius 3 is 3.17 bits per heavy atom. The van der Waals surface area contributed by atoms with Crippen molar-refractivity contribution in [3.63, 3.8) is 0 Å². The number of nitrogens with zero attached hydrogens (tertiary/aromatic N) is 4. The van der Waals surface area contributed by atoms with Crippen molar-refractivity contribution in [3.05, 3.63) is 33.0 Å². The molecule has 5 nitrogen and oxygen atoms in total. The van der Waals surface area contributed by atoms with Gasteiger partial charge in [0.05, 0.1) is 12.1 Å². The lowest BCUT2D eigenvalue weighted by molar-refractivity contribution is 0.0779. The molecule has 0 bridgehead atoms. The zero-order valence-electron chi connectivity index (χ0n) is 13.7. The average Bonchev–Trinajstić information content (AvgIpc) is 3.22. The third kappa shape index (κ3) is 2.59. The number of aryl methyl sites for hydroxylation is 1. The van der Waals surface area contributed by atoms with Crippen molar-refractivity contribution in [3.8, 4) is 0 Å². The van der Waals surface area contributed by atoms with E-state index in [0.717, 1.165) is 55.4 Å². The molecule has 0 fully saturated rings. The van der Waals surface area contributed by atoms with Crippen molar-refractivity contribution in [2.24, 2.45) is 5.92 Å². The molecule has 1 atom stereocenters. The van der Waals surface area contributed by atoms with Crippen LogP contribution in [0.1, 0.15) is 52.2 Å². The molecule has 0 radical (unpaired) electrons. The number of carbonyl (C=O) groups is 1. The molecular weight excluding hydrogens is 308 g/mol. The molecule has 1 aliphatic heterocycles. The van der Waals surface area contributed by atoms with Gasteiger partial charge in [-0.2, -0.15) is 0 Å². The number of fused-ring (bicyclic) bond motifs is 2. The zero-order valence-corrected chi connectivity index (χ0v) is 14.5. The van der Waals surface area contributed by atoms with Crippen LogP contribution in [0.3, 0.4) is 0 Å². The fourth-order valence-corrected chi connectivity index (χ4v) is 4.91. The van der Waals surface area contributed by atoms with Crippen LogP contribution in [-0.4, -0.2) is 32.6 Å².